The van der Waals surface area contributed by atoms with Crippen molar-refractivity contribution >= 4 is 35.1 Å². The van der Waals surface area contributed by atoms with E-state index in [9.17, 15) is 14.9 Å². The average molecular weight is 504 g/mol. The molecule has 7 nitrogen and oxygen atoms in total. The third-order valence-corrected chi connectivity index (χ3v) is 8.14. The average Bonchev–Trinajstić information content (AvgIpc) is 3.45. The van der Waals surface area contributed by atoms with E-state index in [-0.39, 0.29) is 23.1 Å². The Morgan fingerprint density at radius 3 is 2.64 bits per heavy atom. The highest BCUT2D eigenvalue weighted by Gasteiger charge is 2.43. The Bertz CT molecular complexity index is 1300. The SMILES string of the molecule is Cc1ccc([N+](=O)[O-])cc1-c1ccc(/C=C2\SC(Nc3ccccc3)N([C@@H]3CCCC[C@H]3C)C2=O)o1. The molecular weight excluding hydrogens is 474 g/mol. The highest BCUT2D eigenvalue weighted by molar-refractivity contribution is 8.05. The van der Waals surface area contributed by atoms with Crippen LogP contribution in [0.5, 0.6) is 0 Å². The van der Waals surface area contributed by atoms with E-state index in [1.807, 2.05) is 42.2 Å². The monoisotopic (exact) mass is 503 g/mol. The molecule has 0 radical (unpaired) electrons. The fourth-order valence-electron chi connectivity index (χ4n) is 5.06. The molecule has 186 valence electrons. The van der Waals surface area contributed by atoms with Crippen LogP contribution in [0.2, 0.25) is 0 Å². The lowest BCUT2D eigenvalue weighted by Crippen LogP contribution is -2.48. The van der Waals surface area contributed by atoms with Gasteiger partial charge in [0, 0.05) is 35.5 Å². The van der Waals surface area contributed by atoms with Gasteiger partial charge in [0.2, 0.25) is 0 Å². The van der Waals surface area contributed by atoms with Gasteiger partial charge in [-0.3, -0.25) is 14.9 Å². The number of para-hydroxylation sites is 1. The summed E-state index contributed by atoms with van der Waals surface area (Å²) in [5, 5.41) is 14.8. The minimum absolute atomic E-state index is 0.0108. The van der Waals surface area contributed by atoms with Crippen LogP contribution in [-0.2, 0) is 4.79 Å². The minimum Gasteiger partial charge on any atom is -0.457 e. The Hall–Kier alpha value is -3.52. The normalized spacial score (nSPS) is 23.3. The molecule has 1 aliphatic heterocycles. The maximum atomic E-state index is 13.7. The number of nitro benzene ring substituents is 1. The van der Waals surface area contributed by atoms with Crippen LogP contribution in [0, 0.1) is 23.0 Å². The van der Waals surface area contributed by atoms with Crippen LogP contribution in [0.4, 0.5) is 11.4 Å². The second kappa shape index (κ2) is 10.2. The Balaban J connectivity index is 1.44. The fourth-order valence-corrected chi connectivity index (χ4v) is 6.25. The number of nitrogens with one attached hydrogen (secondary N) is 1. The molecule has 5 rings (SSSR count). The molecule has 1 saturated heterocycles. The zero-order valence-electron chi connectivity index (χ0n) is 20.3. The molecule has 2 aliphatic rings. The standard InChI is InChI=1S/C28H29N3O4S/c1-18-12-13-21(31(33)34)16-23(18)25-15-14-22(35-25)17-26-27(32)30(24-11-7-6-8-19(24)2)28(36-26)29-20-9-4-3-5-10-20/h3-5,9-10,12-17,19,24,28-29H,6-8,11H2,1-2H3/b26-17-/t19-,24-,28?/m1/s1. The van der Waals surface area contributed by atoms with E-state index in [2.05, 4.69) is 12.2 Å². The van der Waals surface area contributed by atoms with Gasteiger partial charge >= 0.3 is 0 Å². The first-order valence-electron chi connectivity index (χ1n) is 12.3. The van der Waals surface area contributed by atoms with Crippen LogP contribution < -0.4 is 5.32 Å². The number of anilines is 1. The van der Waals surface area contributed by atoms with Gasteiger partial charge in [0.1, 0.15) is 11.5 Å². The molecule has 1 saturated carbocycles. The molecule has 2 fully saturated rings. The number of aryl methyl sites for hydroxylation is 1. The number of amides is 1. The number of nitrogens with zero attached hydrogens (tertiary/aromatic N) is 2. The van der Waals surface area contributed by atoms with Gasteiger partial charge < -0.3 is 14.6 Å². The Morgan fingerprint density at radius 2 is 1.89 bits per heavy atom. The van der Waals surface area contributed by atoms with Crippen molar-refractivity contribution in [1.29, 1.82) is 0 Å². The molecule has 1 unspecified atom stereocenters. The molecule has 0 spiro atoms. The Labute approximate surface area is 214 Å². The molecule has 1 aliphatic carbocycles. The van der Waals surface area contributed by atoms with Crippen LogP contribution in [-0.4, -0.2) is 27.3 Å². The van der Waals surface area contributed by atoms with Crippen molar-refractivity contribution in [3.05, 3.63) is 87.0 Å². The molecule has 2 aromatic carbocycles. The van der Waals surface area contributed by atoms with Crippen molar-refractivity contribution in [2.75, 3.05) is 5.32 Å². The molecule has 1 aromatic heterocycles. The first kappa shape index (κ1) is 24.2. The molecule has 8 heteroatoms. The highest BCUT2D eigenvalue weighted by atomic mass is 32.2. The quantitative estimate of drug-likeness (QED) is 0.220. The molecule has 36 heavy (non-hydrogen) atoms. The number of hydrogen-bond acceptors (Lipinski definition) is 6. The summed E-state index contributed by atoms with van der Waals surface area (Å²) in [7, 11) is 0. The topological polar surface area (TPSA) is 88.6 Å². The summed E-state index contributed by atoms with van der Waals surface area (Å²) in [6.45, 7) is 4.13. The van der Waals surface area contributed by atoms with Crippen LogP contribution in [0.3, 0.4) is 0 Å². The van der Waals surface area contributed by atoms with E-state index in [0.717, 1.165) is 30.5 Å². The molecule has 1 amide bonds. The lowest BCUT2D eigenvalue weighted by Gasteiger charge is -2.39. The number of carbonyl (C=O) groups is 1. The third kappa shape index (κ3) is 4.91. The summed E-state index contributed by atoms with van der Waals surface area (Å²) in [6, 6.07) is 18.5. The predicted molar refractivity (Wildman–Crippen MR) is 143 cm³/mol. The zero-order chi connectivity index (χ0) is 25.2. The van der Waals surface area contributed by atoms with Gasteiger partial charge in [-0.25, -0.2) is 0 Å². The van der Waals surface area contributed by atoms with Crippen LogP contribution in [0.1, 0.15) is 43.9 Å². The van der Waals surface area contributed by atoms with Gasteiger partial charge in [0.25, 0.3) is 11.6 Å². The van der Waals surface area contributed by atoms with Crippen molar-refractivity contribution in [2.45, 2.75) is 51.1 Å². The number of hydrogen-bond donors (Lipinski definition) is 1. The van der Waals surface area contributed by atoms with Gasteiger partial charge in [-0.15, -0.1) is 0 Å². The van der Waals surface area contributed by atoms with Crippen molar-refractivity contribution < 1.29 is 14.1 Å². The fraction of sp³-hybridized carbons (Fsp3) is 0.321. The summed E-state index contributed by atoms with van der Waals surface area (Å²) in [5.74, 6) is 1.53. The summed E-state index contributed by atoms with van der Waals surface area (Å²) >= 11 is 1.50. The third-order valence-electron chi connectivity index (χ3n) is 7.02. The largest absolute Gasteiger partial charge is 0.457 e. The summed E-state index contributed by atoms with van der Waals surface area (Å²) in [4.78, 5) is 27.1. The second-order valence-electron chi connectivity index (χ2n) is 9.49. The van der Waals surface area contributed by atoms with E-state index in [1.54, 1.807) is 24.3 Å². The number of non-ortho nitro benzene ring substituents is 1. The molecule has 3 aromatic rings. The van der Waals surface area contributed by atoms with E-state index in [1.165, 1.54) is 30.3 Å². The first-order chi connectivity index (χ1) is 17.4. The van der Waals surface area contributed by atoms with Crippen LogP contribution >= 0.6 is 11.8 Å². The van der Waals surface area contributed by atoms with Crippen molar-refractivity contribution in [2.24, 2.45) is 5.92 Å². The first-order valence-corrected chi connectivity index (χ1v) is 13.2. The van der Waals surface area contributed by atoms with Gasteiger partial charge in [0.05, 0.1) is 9.83 Å². The van der Waals surface area contributed by atoms with Gasteiger partial charge in [-0.1, -0.05) is 55.8 Å². The Morgan fingerprint density at radius 1 is 1.11 bits per heavy atom. The molecule has 3 atom stereocenters. The summed E-state index contributed by atoms with van der Waals surface area (Å²) < 4.78 is 6.05. The predicted octanol–water partition coefficient (Wildman–Crippen LogP) is 7.05. The van der Waals surface area contributed by atoms with E-state index in [0.29, 0.717) is 27.9 Å². The van der Waals surface area contributed by atoms with E-state index < -0.39 is 4.92 Å². The number of benzene rings is 2. The highest BCUT2D eigenvalue weighted by Crippen LogP contribution is 2.42. The van der Waals surface area contributed by atoms with Crippen LogP contribution in [0.15, 0.2) is 70.0 Å². The number of nitro groups is 1. The van der Waals surface area contributed by atoms with Crippen molar-refractivity contribution in [1.82, 2.24) is 4.90 Å². The van der Waals surface area contributed by atoms with Gasteiger partial charge in [-0.05, 0) is 55.5 Å². The number of thioether (sulfide) groups is 1. The number of carbonyl (C=O) groups excluding carboxylic acids is 1. The molecule has 2 heterocycles. The number of furan rings is 1. The lowest BCUT2D eigenvalue weighted by atomic mass is 9.85. The summed E-state index contributed by atoms with van der Waals surface area (Å²) in [5.41, 5.74) is 2.33. The van der Waals surface area contributed by atoms with Crippen molar-refractivity contribution in [3.63, 3.8) is 0 Å². The smallest absolute Gasteiger partial charge is 0.270 e. The lowest BCUT2D eigenvalue weighted by molar-refractivity contribution is -0.384. The summed E-state index contributed by atoms with van der Waals surface area (Å²) in [6.07, 6.45) is 6.25. The molecule has 0 bridgehead atoms. The Kier molecular flexibility index (Phi) is 6.87. The molecular formula is C28H29N3O4S. The second-order valence-corrected chi connectivity index (χ2v) is 10.6. The zero-order valence-corrected chi connectivity index (χ0v) is 21.2. The van der Waals surface area contributed by atoms with E-state index >= 15 is 0 Å². The maximum absolute atomic E-state index is 13.7. The molecule has 1 N–H and O–H groups in total. The minimum atomic E-state index is -0.413. The van der Waals surface area contributed by atoms with Crippen LogP contribution in [0.25, 0.3) is 17.4 Å². The number of rotatable bonds is 6. The van der Waals surface area contributed by atoms with Crippen molar-refractivity contribution in [3.8, 4) is 11.3 Å². The maximum Gasteiger partial charge on any atom is 0.270 e. The van der Waals surface area contributed by atoms with E-state index in [4.69, 9.17) is 4.42 Å². The van der Waals surface area contributed by atoms with Gasteiger partial charge in [0.15, 0.2) is 5.50 Å². The van der Waals surface area contributed by atoms with Gasteiger partial charge in [-0.2, -0.15) is 0 Å².